The first-order valence-corrected chi connectivity index (χ1v) is 25.8. The second kappa shape index (κ2) is 18.7. The number of pyridine rings is 1. The monoisotopic (exact) mass is 953 g/mol. The summed E-state index contributed by atoms with van der Waals surface area (Å²) in [6.07, 6.45) is 0. The summed E-state index contributed by atoms with van der Waals surface area (Å²) in [7, 11) is 0. The molecule has 0 atom stereocenters. The predicted octanol–water partition coefficient (Wildman–Crippen LogP) is 16.8. The molecule has 0 spiro atoms. The van der Waals surface area contributed by atoms with E-state index in [2.05, 4.69) is 301 Å². The Morgan fingerprint density at radius 3 is 0.907 bits per heavy atom. The van der Waals surface area contributed by atoms with Gasteiger partial charge < -0.3 is 9.80 Å². The normalized spacial score (nSPS) is 12.2. The number of benzene rings is 11. The van der Waals surface area contributed by atoms with Crippen molar-refractivity contribution >= 4 is 57.2 Å². The number of rotatable bonds is 9. The largest absolute Gasteiger partial charge is 0.311 e. The van der Waals surface area contributed by atoms with Gasteiger partial charge >= 0.3 is 0 Å². The van der Waals surface area contributed by atoms with E-state index >= 15 is 0 Å². The van der Waals surface area contributed by atoms with Crippen molar-refractivity contribution in [2.24, 2.45) is 0 Å². The number of aromatic nitrogens is 1. The Hall–Kier alpha value is -9.77. The Kier molecular flexibility index (Phi) is 11.0. The van der Waals surface area contributed by atoms with Crippen molar-refractivity contribution in [3.8, 4) is 78.1 Å². The fraction of sp³-hybridized carbons (Fsp3) is 0. The van der Waals surface area contributed by atoms with Crippen molar-refractivity contribution < 1.29 is 0 Å². The summed E-state index contributed by atoms with van der Waals surface area (Å²) in [4.78, 5) is 10.7. The van der Waals surface area contributed by atoms with Gasteiger partial charge in [-0.15, -0.1) is 0 Å². The van der Waals surface area contributed by atoms with Crippen LogP contribution in [0.15, 0.2) is 291 Å². The van der Waals surface area contributed by atoms with Crippen molar-refractivity contribution in [3.05, 3.63) is 291 Å². The summed E-state index contributed by atoms with van der Waals surface area (Å²) < 4.78 is 0. The molecule has 0 saturated carbocycles. The Bertz CT molecular complexity index is 3760. The number of hydrogen-bond donors (Lipinski definition) is 0. The Morgan fingerprint density at radius 1 is 0.227 bits per heavy atom. The number of hydrogen-bond acceptors (Lipinski definition) is 3. The number of fused-ring (bicyclic) bond motifs is 4. The van der Waals surface area contributed by atoms with Crippen molar-refractivity contribution in [1.29, 1.82) is 0 Å². The average Bonchev–Trinajstić information content (AvgIpc) is 3.50. The molecular weight excluding hydrogens is 906 g/mol. The summed E-state index contributed by atoms with van der Waals surface area (Å²) >= 11 is 0. The van der Waals surface area contributed by atoms with Crippen LogP contribution in [0, 0.1) is 0 Å². The van der Waals surface area contributed by atoms with Gasteiger partial charge in [0.05, 0.1) is 11.4 Å². The van der Waals surface area contributed by atoms with Crippen LogP contribution in [-0.2, 0) is 0 Å². The summed E-state index contributed by atoms with van der Waals surface area (Å²) in [5, 5.41) is 0. The predicted molar refractivity (Wildman–Crippen MR) is 316 cm³/mol. The van der Waals surface area contributed by atoms with Crippen LogP contribution >= 0.6 is 0 Å². The molecule has 12 aromatic rings. The second-order valence-electron chi connectivity index (χ2n) is 19.5. The summed E-state index contributed by atoms with van der Waals surface area (Å²) in [6, 6.07) is 106. The van der Waals surface area contributed by atoms with Gasteiger partial charge in [-0.3, -0.25) is 0 Å². The van der Waals surface area contributed by atoms with E-state index in [1.54, 1.807) is 0 Å². The van der Waals surface area contributed by atoms with Crippen molar-refractivity contribution in [3.63, 3.8) is 0 Å². The molecule has 14 rings (SSSR count). The molecular formula is C71H48BN3. The Morgan fingerprint density at radius 2 is 0.520 bits per heavy atom. The van der Waals surface area contributed by atoms with Crippen LogP contribution in [-0.4, -0.2) is 11.7 Å². The molecule has 75 heavy (non-hydrogen) atoms. The first-order valence-electron chi connectivity index (χ1n) is 25.8. The SMILES string of the molecule is c1ccc(-c2ccc(N3c4cc(-c5ccccc5)ccc4B4c5ccc(-c6ccccc6)cc5N(c5ccc(-c6ccccc6)cc5)c5cc(-c6cc(-c7ccccc7)cc(-c7ccccc7)n6)cc3c54)cc2)cc1. The molecule has 350 valence electrons. The number of nitrogens with zero attached hydrogens (tertiary/aromatic N) is 3. The van der Waals surface area contributed by atoms with Crippen molar-refractivity contribution in [2.45, 2.75) is 0 Å². The molecule has 3 heterocycles. The quantitative estimate of drug-likeness (QED) is 0.134. The van der Waals surface area contributed by atoms with Gasteiger partial charge in [0, 0.05) is 45.3 Å². The molecule has 3 nitrogen and oxygen atoms in total. The Labute approximate surface area is 439 Å². The van der Waals surface area contributed by atoms with E-state index in [1.807, 2.05) is 0 Å². The van der Waals surface area contributed by atoms with Gasteiger partial charge in [0.2, 0.25) is 0 Å². The fourth-order valence-corrected chi connectivity index (χ4v) is 11.4. The first-order chi connectivity index (χ1) is 37.2. The minimum atomic E-state index is -0.0909. The van der Waals surface area contributed by atoms with Gasteiger partial charge in [-0.2, -0.15) is 0 Å². The third kappa shape index (κ3) is 8.01. The third-order valence-electron chi connectivity index (χ3n) is 15.0. The van der Waals surface area contributed by atoms with Crippen LogP contribution in [0.5, 0.6) is 0 Å². The number of anilines is 6. The second-order valence-corrected chi connectivity index (χ2v) is 19.5. The zero-order valence-electron chi connectivity index (χ0n) is 41.1. The molecule has 0 fully saturated rings. The molecule has 4 heteroatoms. The highest BCUT2D eigenvalue weighted by Gasteiger charge is 2.44. The third-order valence-corrected chi connectivity index (χ3v) is 15.0. The first kappa shape index (κ1) is 44.0. The van der Waals surface area contributed by atoms with Crippen LogP contribution in [0.4, 0.5) is 34.1 Å². The summed E-state index contributed by atoms with van der Waals surface area (Å²) in [5.74, 6) is 0. The minimum Gasteiger partial charge on any atom is -0.311 e. The van der Waals surface area contributed by atoms with E-state index in [-0.39, 0.29) is 6.71 Å². The lowest BCUT2D eigenvalue weighted by molar-refractivity contribution is 1.25. The maximum absolute atomic E-state index is 5.61. The smallest absolute Gasteiger partial charge is 0.252 e. The molecule has 1 aromatic heterocycles. The van der Waals surface area contributed by atoms with Crippen LogP contribution in [0.1, 0.15) is 0 Å². The van der Waals surface area contributed by atoms with Crippen molar-refractivity contribution in [1.82, 2.24) is 4.98 Å². The highest BCUT2D eigenvalue weighted by atomic mass is 15.2. The van der Waals surface area contributed by atoms with Crippen LogP contribution in [0.3, 0.4) is 0 Å². The lowest BCUT2D eigenvalue weighted by Crippen LogP contribution is -2.61. The molecule has 0 unspecified atom stereocenters. The van der Waals surface area contributed by atoms with Crippen LogP contribution in [0.25, 0.3) is 78.1 Å². The maximum atomic E-state index is 5.61. The average molecular weight is 954 g/mol. The van der Waals surface area contributed by atoms with E-state index < -0.39 is 0 Å². The van der Waals surface area contributed by atoms with Crippen molar-refractivity contribution in [2.75, 3.05) is 9.80 Å². The summed E-state index contributed by atoms with van der Waals surface area (Å²) in [6.45, 7) is -0.0909. The van der Waals surface area contributed by atoms with E-state index in [0.717, 1.165) is 67.8 Å². The molecule has 0 radical (unpaired) electrons. The van der Waals surface area contributed by atoms with Gasteiger partial charge in [-0.1, -0.05) is 231 Å². The molecule has 0 amide bonds. The molecule has 2 aliphatic heterocycles. The van der Waals surface area contributed by atoms with E-state index in [0.29, 0.717) is 0 Å². The molecule has 0 bridgehead atoms. The highest BCUT2D eigenvalue weighted by molar-refractivity contribution is 7.00. The molecule has 0 saturated heterocycles. The van der Waals surface area contributed by atoms with E-state index in [1.165, 1.54) is 60.9 Å². The molecule has 0 aliphatic carbocycles. The fourth-order valence-electron chi connectivity index (χ4n) is 11.4. The topological polar surface area (TPSA) is 19.4 Å². The minimum absolute atomic E-state index is 0.0909. The van der Waals surface area contributed by atoms with Gasteiger partial charge in [0.15, 0.2) is 0 Å². The van der Waals surface area contributed by atoms with Gasteiger partial charge in [-0.05, 0) is 133 Å². The van der Waals surface area contributed by atoms with Crippen LogP contribution < -0.4 is 26.2 Å². The highest BCUT2D eigenvalue weighted by Crippen LogP contribution is 2.48. The van der Waals surface area contributed by atoms with Crippen LogP contribution in [0.2, 0.25) is 0 Å². The standard InChI is InChI=1S/C71H48BN3/c1-7-19-49(20-8-1)54-31-37-61(38-32-54)74-67-45-57(51-23-11-3-12-24-51)35-41-63(67)72-64-42-36-58(52-25-13-4-14-26-52)46-68(64)75(62-39-33-55(34-40-62)50-21-9-2-10-22-50)70-48-60(47-69(74)71(70)72)66-44-59(53-27-15-5-16-28-53)43-65(73-66)56-29-17-6-18-30-56/h1-48H. The van der Waals surface area contributed by atoms with Gasteiger partial charge in [-0.25, -0.2) is 4.98 Å². The molecule has 2 aliphatic rings. The molecule has 0 N–H and O–H groups in total. The van der Waals surface area contributed by atoms with Gasteiger partial charge in [0.1, 0.15) is 0 Å². The van der Waals surface area contributed by atoms with E-state index in [4.69, 9.17) is 4.98 Å². The molecule has 11 aromatic carbocycles. The zero-order valence-corrected chi connectivity index (χ0v) is 41.1. The Balaban J connectivity index is 1.07. The maximum Gasteiger partial charge on any atom is 0.252 e. The lowest BCUT2D eigenvalue weighted by atomic mass is 9.33. The summed E-state index contributed by atoms with van der Waals surface area (Å²) in [5.41, 5.74) is 26.1. The lowest BCUT2D eigenvalue weighted by Gasteiger charge is -2.44. The van der Waals surface area contributed by atoms with E-state index in [9.17, 15) is 0 Å². The zero-order chi connectivity index (χ0) is 49.7. The van der Waals surface area contributed by atoms with Gasteiger partial charge in [0.25, 0.3) is 6.71 Å².